The second kappa shape index (κ2) is 7.11. The lowest BCUT2D eigenvalue weighted by Crippen LogP contribution is -2.40. The second-order valence-corrected chi connectivity index (χ2v) is 6.51. The van der Waals surface area contributed by atoms with Crippen molar-refractivity contribution in [2.75, 3.05) is 26.7 Å². The maximum atomic E-state index is 12.6. The van der Waals surface area contributed by atoms with Gasteiger partial charge >= 0.3 is 6.03 Å². The highest BCUT2D eigenvalue weighted by Crippen LogP contribution is 2.34. The number of nitrogens with zero attached hydrogens (tertiary/aromatic N) is 1. The quantitative estimate of drug-likeness (QED) is 0.863. The highest BCUT2D eigenvalue weighted by atomic mass is 16.5. The van der Waals surface area contributed by atoms with E-state index >= 15 is 0 Å². The maximum absolute atomic E-state index is 12.6. The van der Waals surface area contributed by atoms with Crippen molar-refractivity contribution in [2.24, 2.45) is 5.92 Å². The van der Waals surface area contributed by atoms with Gasteiger partial charge in [0.25, 0.3) is 0 Å². The first kappa shape index (κ1) is 16.6. The van der Waals surface area contributed by atoms with Crippen molar-refractivity contribution in [3.05, 3.63) is 29.8 Å². The summed E-state index contributed by atoms with van der Waals surface area (Å²) in [7, 11) is 1.63. The summed E-state index contributed by atoms with van der Waals surface area (Å²) in [5.74, 6) is 0.653. The molecule has 130 valence electrons. The molecule has 3 amide bonds. The van der Waals surface area contributed by atoms with E-state index in [2.05, 4.69) is 10.6 Å². The Morgan fingerprint density at radius 3 is 2.50 bits per heavy atom. The third kappa shape index (κ3) is 3.63. The molecular weight excluding hydrogens is 306 g/mol. The Balaban J connectivity index is 1.78. The van der Waals surface area contributed by atoms with E-state index in [1.165, 1.54) is 0 Å². The molecule has 1 heterocycles. The molecule has 1 aromatic carbocycles. The molecule has 1 saturated heterocycles. The molecule has 0 bridgehead atoms. The predicted molar refractivity (Wildman–Crippen MR) is 91.0 cm³/mol. The molecule has 0 aromatic heterocycles. The molecule has 1 saturated carbocycles. The average Bonchev–Trinajstić information content (AvgIpc) is 3.29. The second-order valence-electron chi connectivity index (χ2n) is 6.51. The molecule has 2 N–H and O–H groups in total. The van der Waals surface area contributed by atoms with E-state index in [0.717, 1.165) is 24.2 Å². The van der Waals surface area contributed by atoms with Crippen LogP contribution in [0.4, 0.5) is 4.79 Å². The zero-order valence-electron chi connectivity index (χ0n) is 14.2. The van der Waals surface area contributed by atoms with Gasteiger partial charge in [-0.2, -0.15) is 0 Å². The van der Waals surface area contributed by atoms with Gasteiger partial charge in [0.15, 0.2) is 0 Å². The van der Waals surface area contributed by atoms with Gasteiger partial charge in [-0.25, -0.2) is 4.79 Å². The monoisotopic (exact) mass is 331 g/mol. The van der Waals surface area contributed by atoms with Crippen molar-refractivity contribution in [3.63, 3.8) is 0 Å². The smallest absolute Gasteiger partial charge is 0.317 e. The molecule has 6 nitrogen and oxygen atoms in total. The number of ether oxygens (including phenoxy) is 1. The van der Waals surface area contributed by atoms with Gasteiger partial charge < -0.3 is 20.3 Å². The summed E-state index contributed by atoms with van der Waals surface area (Å²) in [5, 5.41) is 5.91. The zero-order valence-corrected chi connectivity index (χ0v) is 14.2. The molecule has 6 heteroatoms. The molecule has 1 aliphatic carbocycles. The number of benzene rings is 1. The summed E-state index contributed by atoms with van der Waals surface area (Å²) in [4.78, 5) is 26.6. The van der Waals surface area contributed by atoms with Crippen LogP contribution in [0.1, 0.15) is 31.2 Å². The first-order valence-corrected chi connectivity index (χ1v) is 8.59. The van der Waals surface area contributed by atoms with Crippen LogP contribution in [0.3, 0.4) is 0 Å². The summed E-state index contributed by atoms with van der Waals surface area (Å²) >= 11 is 0. The molecule has 1 aliphatic heterocycles. The normalized spacial score (nSPS) is 23.0. The van der Waals surface area contributed by atoms with Gasteiger partial charge in [-0.3, -0.25) is 4.79 Å². The molecule has 0 radical (unpaired) electrons. The topological polar surface area (TPSA) is 70.7 Å². The Morgan fingerprint density at radius 1 is 1.21 bits per heavy atom. The maximum Gasteiger partial charge on any atom is 0.317 e. The van der Waals surface area contributed by atoms with E-state index in [-0.39, 0.29) is 23.8 Å². The molecule has 2 fully saturated rings. The highest BCUT2D eigenvalue weighted by Gasteiger charge is 2.41. The Bertz CT molecular complexity index is 598. The number of carbonyl (C=O) groups excluding carboxylic acids is 2. The standard InChI is InChI=1S/C18H25N3O3/c1-3-19-18(23)21-10-15(12-4-8-14(24-2)9-5-12)16(11-21)17(22)20-13-6-7-13/h4-5,8-9,13,15-16H,3,6-7,10-11H2,1-2H3,(H,19,23)(H,20,22). The Morgan fingerprint density at radius 2 is 1.92 bits per heavy atom. The van der Waals surface area contributed by atoms with Crippen molar-refractivity contribution in [3.8, 4) is 5.75 Å². The van der Waals surface area contributed by atoms with Crippen LogP contribution in [-0.4, -0.2) is 49.6 Å². The molecule has 24 heavy (non-hydrogen) atoms. The van der Waals surface area contributed by atoms with Crippen LogP contribution >= 0.6 is 0 Å². The highest BCUT2D eigenvalue weighted by molar-refractivity contribution is 5.83. The number of rotatable bonds is 5. The minimum Gasteiger partial charge on any atom is -0.497 e. The van der Waals surface area contributed by atoms with Crippen LogP contribution in [0, 0.1) is 5.92 Å². The number of carbonyl (C=O) groups is 2. The van der Waals surface area contributed by atoms with E-state index in [9.17, 15) is 9.59 Å². The molecule has 2 aliphatic rings. The number of nitrogens with one attached hydrogen (secondary N) is 2. The zero-order chi connectivity index (χ0) is 17.1. The van der Waals surface area contributed by atoms with Gasteiger partial charge in [0.2, 0.25) is 5.91 Å². The lowest BCUT2D eigenvalue weighted by Gasteiger charge is -2.18. The van der Waals surface area contributed by atoms with Crippen LogP contribution in [0.2, 0.25) is 0 Å². The predicted octanol–water partition coefficient (Wildman–Crippen LogP) is 1.72. The number of hydrogen-bond donors (Lipinski definition) is 2. The van der Waals surface area contributed by atoms with Gasteiger partial charge in [0.05, 0.1) is 13.0 Å². The first-order chi connectivity index (χ1) is 11.6. The van der Waals surface area contributed by atoms with Crippen molar-refractivity contribution in [1.82, 2.24) is 15.5 Å². The van der Waals surface area contributed by atoms with Crippen LogP contribution in [0.5, 0.6) is 5.75 Å². The molecule has 1 aromatic rings. The average molecular weight is 331 g/mol. The third-order valence-corrected chi connectivity index (χ3v) is 4.74. The first-order valence-electron chi connectivity index (χ1n) is 8.59. The lowest BCUT2D eigenvalue weighted by molar-refractivity contribution is -0.125. The van der Waals surface area contributed by atoms with Crippen molar-refractivity contribution in [2.45, 2.75) is 31.7 Å². The van der Waals surface area contributed by atoms with Gasteiger partial charge in [-0.05, 0) is 37.5 Å². The Kier molecular flexibility index (Phi) is 4.92. The van der Waals surface area contributed by atoms with E-state index in [0.29, 0.717) is 25.7 Å². The molecule has 2 atom stereocenters. The van der Waals surface area contributed by atoms with Crippen LogP contribution in [0.15, 0.2) is 24.3 Å². The molecule has 3 rings (SSSR count). The van der Waals surface area contributed by atoms with E-state index in [1.807, 2.05) is 31.2 Å². The Hall–Kier alpha value is -2.24. The number of likely N-dealkylation sites (tertiary alicyclic amines) is 1. The summed E-state index contributed by atoms with van der Waals surface area (Å²) in [6, 6.07) is 8.01. The van der Waals surface area contributed by atoms with Crippen molar-refractivity contribution < 1.29 is 14.3 Å². The third-order valence-electron chi connectivity index (χ3n) is 4.74. The minimum atomic E-state index is -0.207. The fraction of sp³-hybridized carbons (Fsp3) is 0.556. The molecule has 0 spiro atoms. The van der Waals surface area contributed by atoms with Gasteiger partial charge in [-0.15, -0.1) is 0 Å². The van der Waals surface area contributed by atoms with Crippen LogP contribution < -0.4 is 15.4 Å². The summed E-state index contributed by atoms with van der Waals surface area (Å²) in [5.41, 5.74) is 1.07. The summed E-state index contributed by atoms with van der Waals surface area (Å²) in [6.07, 6.45) is 2.12. The van der Waals surface area contributed by atoms with E-state index in [4.69, 9.17) is 4.74 Å². The summed E-state index contributed by atoms with van der Waals surface area (Å²) < 4.78 is 5.20. The van der Waals surface area contributed by atoms with Crippen LogP contribution in [-0.2, 0) is 4.79 Å². The van der Waals surface area contributed by atoms with Crippen LogP contribution in [0.25, 0.3) is 0 Å². The molecular formula is C18H25N3O3. The number of hydrogen-bond acceptors (Lipinski definition) is 3. The largest absolute Gasteiger partial charge is 0.497 e. The van der Waals surface area contributed by atoms with Gasteiger partial charge in [0, 0.05) is 31.6 Å². The van der Waals surface area contributed by atoms with Crippen molar-refractivity contribution in [1.29, 1.82) is 0 Å². The SMILES string of the molecule is CCNC(=O)N1CC(C(=O)NC2CC2)C(c2ccc(OC)cc2)C1. The Labute approximate surface area is 142 Å². The fourth-order valence-corrected chi connectivity index (χ4v) is 3.22. The molecule has 2 unspecified atom stereocenters. The van der Waals surface area contributed by atoms with E-state index < -0.39 is 0 Å². The lowest BCUT2D eigenvalue weighted by atomic mass is 9.88. The number of urea groups is 1. The summed E-state index contributed by atoms with van der Waals surface area (Å²) in [6.45, 7) is 3.50. The minimum absolute atomic E-state index is 0.0114. The van der Waals surface area contributed by atoms with Crippen molar-refractivity contribution >= 4 is 11.9 Å². The number of methoxy groups -OCH3 is 1. The fourth-order valence-electron chi connectivity index (χ4n) is 3.22. The number of amides is 3. The van der Waals surface area contributed by atoms with Gasteiger partial charge in [0.1, 0.15) is 5.75 Å². The van der Waals surface area contributed by atoms with E-state index in [1.54, 1.807) is 12.0 Å². The van der Waals surface area contributed by atoms with Gasteiger partial charge in [-0.1, -0.05) is 12.1 Å².